The van der Waals surface area contributed by atoms with Gasteiger partial charge in [0.15, 0.2) is 0 Å². The summed E-state index contributed by atoms with van der Waals surface area (Å²) in [5, 5.41) is 0. The molecule has 0 bridgehead atoms. The lowest BCUT2D eigenvalue weighted by Crippen LogP contribution is -2.07. The zero-order valence-corrected chi connectivity index (χ0v) is 10.1. The predicted molar refractivity (Wildman–Crippen MR) is 64.3 cm³/mol. The summed E-state index contributed by atoms with van der Waals surface area (Å²) in [6.07, 6.45) is 0.993. The highest BCUT2D eigenvalue weighted by Crippen LogP contribution is 2.24. The third-order valence-electron chi connectivity index (χ3n) is 2.88. The molecule has 0 N–H and O–H groups in total. The molecule has 1 aromatic heterocycles. The van der Waals surface area contributed by atoms with Crippen LogP contribution in [0.2, 0.25) is 0 Å². The SMILES string of the molecule is CCC(C)n1c(CCl)nc2cc(F)ccc21. The minimum atomic E-state index is -0.262. The summed E-state index contributed by atoms with van der Waals surface area (Å²) < 4.78 is 15.2. The maximum Gasteiger partial charge on any atom is 0.125 e. The maximum atomic E-state index is 13.1. The normalized spacial score (nSPS) is 13.2. The highest BCUT2D eigenvalue weighted by Gasteiger charge is 2.14. The van der Waals surface area contributed by atoms with Gasteiger partial charge >= 0.3 is 0 Å². The van der Waals surface area contributed by atoms with Crippen molar-refractivity contribution in [2.75, 3.05) is 0 Å². The van der Waals surface area contributed by atoms with Crippen LogP contribution in [0.5, 0.6) is 0 Å². The van der Waals surface area contributed by atoms with E-state index in [0.29, 0.717) is 17.4 Å². The lowest BCUT2D eigenvalue weighted by Gasteiger charge is -2.14. The molecule has 0 aliphatic rings. The highest BCUT2D eigenvalue weighted by molar-refractivity contribution is 6.16. The van der Waals surface area contributed by atoms with Crippen LogP contribution in [-0.4, -0.2) is 9.55 Å². The number of aromatic nitrogens is 2. The monoisotopic (exact) mass is 240 g/mol. The third kappa shape index (κ3) is 1.80. The van der Waals surface area contributed by atoms with Crippen molar-refractivity contribution in [3.63, 3.8) is 0 Å². The van der Waals surface area contributed by atoms with E-state index in [2.05, 4.69) is 23.4 Å². The second-order valence-electron chi connectivity index (χ2n) is 3.92. The summed E-state index contributed by atoms with van der Waals surface area (Å²) >= 11 is 5.87. The van der Waals surface area contributed by atoms with Crippen molar-refractivity contribution in [2.45, 2.75) is 32.2 Å². The molecule has 2 nitrogen and oxygen atoms in total. The molecule has 86 valence electrons. The minimum absolute atomic E-state index is 0.262. The molecule has 1 heterocycles. The first-order valence-corrected chi connectivity index (χ1v) is 5.93. The van der Waals surface area contributed by atoms with E-state index < -0.39 is 0 Å². The molecule has 0 fully saturated rings. The van der Waals surface area contributed by atoms with Gasteiger partial charge in [0.05, 0.1) is 16.9 Å². The Morgan fingerprint density at radius 2 is 2.25 bits per heavy atom. The fourth-order valence-electron chi connectivity index (χ4n) is 1.89. The third-order valence-corrected chi connectivity index (χ3v) is 3.11. The molecule has 0 amide bonds. The molecule has 1 atom stereocenters. The molecular weight excluding hydrogens is 227 g/mol. The Bertz CT molecular complexity index is 507. The van der Waals surface area contributed by atoms with Crippen LogP contribution in [0.4, 0.5) is 4.39 Å². The van der Waals surface area contributed by atoms with Crippen molar-refractivity contribution in [1.82, 2.24) is 9.55 Å². The molecule has 0 radical (unpaired) electrons. The Hall–Kier alpha value is -1.09. The van der Waals surface area contributed by atoms with E-state index in [9.17, 15) is 4.39 Å². The van der Waals surface area contributed by atoms with E-state index in [1.807, 2.05) is 0 Å². The number of hydrogen-bond donors (Lipinski definition) is 0. The molecule has 0 saturated carbocycles. The Balaban J connectivity index is 2.68. The van der Waals surface area contributed by atoms with Crippen LogP contribution in [0.3, 0.4) is 0 Å². The van der Waals surface area contributed by atoms with Crippen LogP contribution < -0.4 is 0 Å². The van der Waals surface area contributed by atoms with Crippen molar-refractivity contribution in [3.8, 4) is 0 Å². The van der Waals surface area contributed by atoms with Gasteiger partial charge in [0.1, 0.15) is 11.6 Å². The first-order valence-electron chi connectivity index (χ1n) is 5.39. The van der Waals surface area contributed by atoms with Crippen molar-refractivity contribution in [3.05, 3.63) is 29.8 Å². The van der Waals surface area contributed by atoms with E-state index >= 15 is 0 Å². The van der Waals surface area contributed by atoms with Crippen LogP contribution >= 0.6 is 11.6 Å². The van der Waals surface area contributed by atoms with Crippen LogP contribution in [0.1, 0.15) is 32.1 Å². The number of fused-ring (bicyclic) bond motifs is 1. The summed E-state index contributed by atoms with van der Waals surface area (Å²) in [6, 6.07) is 5.00. The molecule has 0 aliphatic carbocycles. The Kier molecular flexibility index (Phi) is 3.15. The standard InChI is InChI=1S/C12H14ClFN2/c1-3-8(2)16-11-5-4-9(14)6-10(11)15-12(16)7-13/h4-6,8H,3,7H2,1-2H3. The van der Waals surface area contributed by atoms with Gasteiger partial charge in [-0.2, -0.15) is 0 Å². The Morgan fingerprint density at radius 1 is 1.50 bits per heavy atom. The molecule has 0 spiro atoms. The summed E-state index contributed by atoms with van der Waals surface area (Å²) in [5.74, 6) is 0.889. The van der Waals surface area contributed by atoms with Crippen molar-refractivity contribution >= 4 is 22.6 Å². The van der Waals surface area contributed by atoms with Gasteiger partial charge in [-0.3, -0.25) is 0 Å². The van der Waals surface area contributed by atoms with Crippen molar-refractivity contribution < 1.29 is 4.39 Å². The van der Waals surface area contributed by atoms with E-state index in [0.717, 1.165) is 17.8 Å². The molecule has 2 aromatic rings. The summed E-state index contributed by atoms with van der Waals surface area (Å²) in [7, 11) is 0. The maximum absolute atomic E-state index is 13.1. The van der Waals surface area contributed by atoms with Crippen LogP contribution in [-0.2, 0) is 5.88 Å². The lowest BCUT2D eigenvalue weighted by molar-refractivity contribution is 0.530. The molecule has 1 aromatic carbocycles. The van der Waals surface area contributed by atoms with E-state index in [1.54, 1.807) is 6.07 Å². The largest absolute Gasteiger partial charge is 0.324 e. The minimum Gasteiger partial charge on any atom is -0.324 e. The van der Waals surface area contributed by atoms with Gasteiger partial charge in [-0.25, -0.2) is 9.37 Å². The molecule has 16 heavy (non-hydrogen) atoms. The smallest absolute Gasteiger partial charge is 0.125 e. The summed E-state index contributed by atoms with van der Waals surface area (Å²) in [4.78, 5) is 4.35. The molecule has 4 heteroatoms. The molecule has 0 saturated heterocycles. The van der Waals surface area contributed by atoms with E-state index in [4.69, 9.17) is 11.6 Å². The average Bonchev–Trinajstić information content (AvgIpc) is 2.65. The van der Waals surface area contributed by atoms with Gasteiger partial charge < -0.3 is 4.57 Å². The fourth-order valence-corrected chi connectivity index (χ4v) is 2.08. The second kappa shape index (κ2) is 4.42. The first-order chi connectivity index (χ1) is 7.67. The van der Waals surface area contributed by atoms with Gasteiger partial charge in [0.2, 0.25) is 0 Å². The number of halogens is 2. The predicted octanol–water partition coefficient (Wildman–Crippen LogP) is 3.89. The van der Waals surface area contributed by atoms with Crippen LogP contribution in [0, 0.1) is 5.82 Å². The topological polar surface area (TPSA) is 17.8 Å². The quantitative estimate of drug-likeness (QED) is 0.745. The highest BCUT2D eigenvalue weighted by atomic mass is 35.5. The Labute approximate surface area is 99.0 Å². The number of alkyl halides is 1. The molecule has 0 aliphatic heterocycles. The van der Waals surface area contributed by atoms with Gasteiger partial charge in [0, 0.05) is 12.1 Å². The summed E-state index contributed by atoms with van der Waals surface area (Å²) in [5.41, 5.74) is 1.63. The van der Waals surface area contributed by atoms with E-state index in [1.165, 1.54) is 12.1 Å². The zero-order valence-electron chi connectivity index (χ0n) is 9.37. The van der Waals surface area contributed by atoms with Gasteiger partial charge in [-0.15, -0.1) is 11.6 Å². The Morgan fingerprint density at radius 3 is 2.88 bits per heavy atom. The molecular formula is C12H14ClFN2. The second-order valence-corrected chi connectivity index (χ2v) is 4.19. The zero-order chi connectivity index (χ0) is 11.7. The number of benzene rings is 1. The molecule has 2 rings (SSSR count). The van der Waals surface area contributed by atoms with Gasteiger partial charge in [-0.05, 0) is 25.5 Å². The number of rotatable bonds is 3. The first kappa shape index (κ1) is 11.4. The van der Waals surface area contributed by atoms with Crippen LogP contribution in [0.25, 0.3) is 11.0 Å². The van der Waals surface area contributed by atoms with Gasteiger partial charge in [-0.1, -0.05) is 6.92 Å². The number of hydrogen-bond acceptors (Lipinski definition) is 1. The fraction of sp³-hybridized carbons (Fsp3) is 0.417. The molecule has 1 unspecified atom stereocenters. The van der Waals surface area contributed by atoms with Crippen LogP contribution in [0.15, 0.2) is 18.2 Å². The lowest BCUT2D eigenvalue weighted by atomic mass is 10.2. The van der Waals surface area contributed by atoms with Gasteiger partial charge in [0.25, 0.3) is 0 Å². The van der Waals surface area contributed by atoms with E-state index in [-0.39, 0.29) is 5.82 Å². The number of imidazole rings is 1. The average molecular weight is 241 g/mol. The summed E-state index contributed by atoms with van der Waals surface area (Å²) in [6.45, 7) is 4.22. The van der Waals surface area contributed by atoms with Crippen molar-refractivity contribution in [2.24, 2.45) is 0 Å². The van der Waals surface area contributed by atoms with Crippen molar-refractivity contribution in [1.29, 1.82) is 0 Å². The number of nitrogens with zero attached hydrogens (tertiary/aromatic N) is 2.